The molecule has 2 unspecified atom stereocenters. The molecule has 0 aliphatic carbocycles. The number of piperidine rings is 1. The molecule has 0 aromatic carbocycles. The predicted octanol–water partition coefficient (Wildman–Crippen LogP) is 0.180. The minimum atomic E-state index is -0.713. The van der Waals surface area contributed by atoms with E-state index in [-0.39, 0.29) is 6.04 Å². The molecule has 0 saturated carbocycles. The molecule has 0 spiro atoms. The molecule has 0 radical (unpaired) electrons. The molecular weight excluding hydrogens is 152 g/mol. The molecular formula is C9H20N2O. The fraction of sp³-hybridized carbons (Fsp3) is 1.00. The van der Waals surface area contributed by atoms with Gasteiger partial charge in [-0.3, -0.25) is 0 Å². The van der Waals surface area contributed by atoms with Gasteiger partial charge in [-0.1, -0.05) is 6.42 Å². The summed E-state index contributed by atoms with van der Waals surface area (Å²) < 4.78 is 0. The zero-order valence-electron chi connectivity index (χ0n) is 8.08. The Morgan fingerprint density at radius 1 is 1.58 bits per heavy atom. The molecule has 0 aromatic rings. The number of hydrogen-bond acceptors (Lipinski definition) is 3. The molecule has 0 amide bonds. The normalized spacial score (nSPS) is 31.5. The maximum atomic E-state index is 9.95. The molecule has 3 N–H and O–H groups in total. The maximum Gasteiger partial charge on any atom is 0.0895 e. The van der Waals surface area contributed by atoms with Crippen molar-refractivity contribution >= 4 is 0 Å². The lowest BCUT2D eigenvalue weighted by molar-refractivity contribution is -0.0330. The van der Waals surface area contributed by atoms with E-state index in [0.717, 1.165) is 13.0 Å². The van der Waals surface area contributed by atoms with Crippen molar-refractivity contribution in [3.05, 3.63) is 0 Å². The van der Waals surface area contributed by atoms with E-state index >= 15 is 0 Å². The van der Waals surface area contributed by atoms with Gasteiger partial charge in [-0.05, 0) is 33.4 Å². The number of aliphatic hydroxyl groups is 1. The van der Waals surface area contributed by atoms with Crippen molar-refractivity contribution in [1.29, 1.82) is 0 Å². The Balaban J connectivity index is 2.58. The SMILES string of the molecule is CN1CCCCC1C(C)(O)CN. The minimum absolute atomic E-state index is 0.247. The van der Waals surface area contributed by atoms with Crippen molar-refractivity contribution in [2.75, 3.05) is 20.1 Å². The number of nitrogens with zero attached hydrogens (tertiary/aromatic N) is 1. The van der Waals surface area contributed by atoms with Crippen LogP contribution in [0.2, 0.25) is 0 Å². The van der Waals surface area contributed by atoms with Gasteiger partial charge < -0.3 is 15.7 Å². The lowest BCUT2D eigenvalue weighted by Gasteiger charge is -2.41. The fourth-order valence-electron chi connectivity index (χ4n) is 2.00. The summed E-state index contributed by atoms with van der Waals surface area (Å²) in [4.78, 5) is 2.22. The Labute approximate surface area is 74.5 Å². The van der Waals surface area contributed by atoms with Crippen LogP contribution in [0.15, 0.2) is 0 Å². The van der Waals surface area contributed by atoms with Crippen molar-refractivity contribution < 1.29 is 5.11 Å². The van der Waals surface area contributed by atoms with E-state index in [4.69, 9.17) is 5.73 Å². The Bertz CT molecular complexity index is 147. The van der Waals surface area contributed by atoms with E-state index in [1.165, 1.54) is 12.8 Å². The largest absolute Gasteiger partial charge is 0.387 e. The molecule has 1 heterocycles. The molecule has 1 saturated heterocycles. The third kappa shape index (κ3) is 1.97. The van der Waals surface area contributed by atoms with Gasteiger partial charge in [-0.25, -0.2) is 0 Å². The lowest BCUT2D eigenvalue weighted by atomic mass is 9.88. The van der Waals surface area contributed by atoms with Crippen molar-refractivity contribution in [3.63, 3.8) is 0 Å². The second-order valence-corrected chi connectivity index (χ2v) is 4.05. The van der Waals surface area contributed by atoms with Crippen molar-refractivity contribution in [2.45, 2.75) is 37.8 Å². The van der Waals surface area contributed by atoms with Gasteiger partial charge in [0.05, 0.1) is 5.60 Å². The summed E-state index contributed by atoms with van der Waals surface area (Å²) in [6, 6.07) is 0.247. The average Bonchev–Trinajstić information content (AvgIpc) is 2.05. The van der Waals surface area contributed by atoms with E-state index in [2.05, 4.69) is 11.9 Å². The van der Waals surface area contributed by atoms with E-state index in [1.807, 2.05) is 6.92 Å². The highest BCUT2D eigenvalue weighted by Gasteiger charge is 2.34. The standard InChI is InChI=1S/C9H20N2O/c1-9(12,7-10)8-5-3-4-6-11(8)2/h8,12H,3-7,10H2,1-2H3. The first-order valence-corrected chi connectivity index (χ1v) is 4.70. The molecule has 0 aromatic heterocycles. The summed E-state index contributed by atoms with van der Waals surface area (Å²) in [6.45, 7) is 3.27. The van der Waals surface area contributed by atoms with Crippen LogP contribution in [0.25, 0.3) is 0 Å². The Morgan fingerprint density at radius 2 is 2.25 bits per heavy atom. The van der Waals surface area contributed by atoms with Crippen LogP contribution in [0.4, 0.5) is 0 Å². The van der Waals surface area contributed by atoms with Crippen molar-refractivity contribution in [1.82, 2.24) is 4.90 Å². The topological polar surface area (TPSA) is 49.5 Å². The molecule has 1 aliphatic rings. The van der Waals surface area contributed by atoms with Crippen LogP contribution in [0.5, 0.6) is 0 Å². The molecule has 12 heavy (non-hydrogen) atoms. The minimum Gasteiger partial charge on any atom is -0.387 e. The van der Waals surface area contributed by atoms with Crippen LogP contribution in [0.3, 0.4) is 0 Å². The van der Waals surface area contributed by atoms with Crippen LogP contribution in [0, 0.1) is 0 Å². The lowest BCUT2D eigenvalue weighted by Crippen LogP contribution is -2.55. The molecule has 2 atom stereocenters. The van der Waals surface area contributed by atoms with E-state index in [0.29, 0.717) is 6.54 Å². The molecule has 1 fully saturated rings. The molecule has 1 rings (SSSR count). The highest BCUT2D eigenvalue weighted by Crippen LogP contribution is 2.23. The quantitative estimate of drug-likeness (QED) is 0.625. The van der Waals surface area contributed by atoms with Gasteiger partial charge in [0, 0.05) is 12.6 Å². The fourth-order valence-corrected chi connectivity index (χ4v) is 2.00. The second kappa shape index (κ2) is 3.73. The van der Waals surface area contributed by atoms with Crippen LogP contribution in [-0.4, -0.2) is 41.8 Å². The van der Waals surface area contributed by atoms with Gasteiger partial charge >= 0.3 is 0 Å². The number of rotatable bonds is 2. The first-order chi connectivity index (χ1) is 5.58. The van der Waals surface area contributed by atoms with Crippen LogP contribution in [0.1, 0.15) is 26.2 Å². The smallest absolute Gasteiger partial charge is 0.0895 e. The zero-order valence-corrected chi connectivity index (χ0v) is 8.08. The number of likely N-dealkylation sites (N-methyl/N-ethyl adjacent to an activating group) is 1. The molecule has 3 nitrogen and oxygen atoms in total. The van der Waals surface area contributed by atoms with Gasteiger partial charge in [0.2, 0.25) is 0 Å². The molecule has 72 valence electrons. The number of hydrogen-bond donors (Lipinski definition) is 2. The van der Waals surface area contributed by atoms with Gasteiger partial charge in [0.25, 0.3) is 0 Å². The van der Waals surface area contributed by atoms with Crippen LogP contribution >= 0.6 is 0 Å². The van der Waals surface area contributed by atoms with Gasteiger partial charge in [0.15, 0.2) is 0 Å². The predicted molar refractivity (Wildman–Crippen MR) is 49.9 cm³/mol. The highest BCUT2D eigenvalue weighted by molar-refractivity contribution is 4.91. The van der Waals surface area contributed by atoms with Crippen molar-refractivity contribution in [2.24, 2.45) is 5.73 Å². The first-order valence-electron chi connectivity index (χ1n) is 4.70. The van der Waals surface area contributed by atoms with Gasteiger partial charge in [-0.2, -0.15) is 0 Å². The van der Waals surface area contributed by atoms with E-state index in [9.17, 15) is 5.11 Å². The van der Waals surface area contributed by atoms with Crippen molar-refractivity contribution in [3.8, 4) is 0 Å². The summed E-state index contributed by atoms with van der Waals surface area (Å²) in [5.41, 5.74) is 4.81. The van der Waals surface area contributed by atoms with E-state index < -0.39 is 5.60 Å². The summed E-state index contributed by atoms with van der Waals surface area (Å²) in [5.74, 6) is 0. The third-order valence-electron chi connectivity index (χ3n) is 2.90. The van der Waals surface area contributed by atoms with Crippen LogP contribution in [-0.2, 0) is 0 Å². The number of likely N-dealkylation sites (tertiary alicyclic amines) is 1. The zero-order chi connectivity index (χ0) is 9.19. The first kappa shape index (κ1) is 9.96. The summed E-state index contributed by atoms with van der Waals surface area (Å²) in [5, 5.41) is 9.95. The summed E-state index contributed by atoms with van der Waals surface area (Å²) in [6.07, 6.45) is 3.53. The van der Waals surface area contributed by atoms with Gasteiger partial charge in [-0.15, -0.1) is 0 Å². The molecule has 3 heteroatoms. The highest BCUT2D eigenvalue weighted by atomic mass is 16.3. The molecule has 0 bridgehead atoms. The Morgan fingerprint density at radius 3 is 2.75 bits per heavy atom. The van der Waals surface area contributed by atoms with E-state index in [1.54, 1.807) is 0 Å². The van der Waals surface area contributed by atoms with Crippen LogP contribution < -0.4 is 5.73 Å². The third-order valence-corrected chi connectivity index (χ3v) is 2.90. The maximum absolute atomic E-state index is 9.95. The molecule has 1 aliphatic heterocycles. The Kier molecular flexibility index (Phi) is 3.09. The van der Waals surface area contributed by atoms with Gasteiger partial charge in [0.1, 0.15) is 0 Å². The number of nitrogens with two attached hydrogens (primary N) is 1. The summed E-state index contributed by atoms with van der Waals surface area (Å²) in [7, 11) is 2.06. The average molecular weight is 172 g/mol. The second-order valence-electron chi connectivity index (χ2n) is 4.05. The monoisotopic (exact) mass is 172 g/mol. The Hall–Kier alpha value is -0.120. The summed E-state index contributed by atoms with van der Waals surface area (Å²) >= 11 is 0.